The van der Waals surface area contributed by atoms with Crippen molar-refractivity contribution in [2.45, 2.75) is 111 Å². The van der Waals surface area contributed by atoms with E-state index in [4.69, 9.17) is 0 Å². The predicted molar refractivity (Wildman–Crippen MR) is 129 cm³/mol. The second-order valence-electron chi connectivity index (χ2n) is 11.4. The molecule has 0 aromatic rings. The zero-order valence-electron chi connectivity index (χ0n) is 21.1. The lowest BCUT2D eigenvalue weighted by Crippen LogP contribution is -2.52. The Balaban J connectivity index is 1.75. The van der Waals surface area contributed by atoms with Crippen LogP contribution in [0.3, 0.4) is 0 Å². The third kappa shape index (κ3) is 8.07. The van der Waals surface area contributed by atoms with Crippen LogP contribution in [0.2, 0.25) is 0 Å². The maximum absolute atomic E-state index is 12.9. The minimum absolute atomic E-state index is 0.0302. The molecule has 2 aliphatic rings. The van der Waals surface area contributed by atoms with Crippen LogP contribution in [0.1, 0.15) is 99.3 Å². The highest BCUT2D eigenvalue weighted by molar-refractivity contribution is 5.88. The van der Waals surface area contributed by atoms with E-state index in [1.165, 1.54) is 32.2 Å². The fourth-order valence-corrected chi connectivity index (χ4v) is 5.45. The molecule has 2 fully saturated rings. The summed E-state index contributed by atoms with van der Waals surface area (Å²) in [4.78, 5) is 28.3. The number of carbonyl (C=O) groups excluding carboxylic acids is 2. The van der Waals surface area contributed by atoms with E-state index in [1.54, 1.807) is 0 Å². The number of rotatable bonds is 9. The second-order valence-corrected chi connectivity index (χ2v) is 11.4. The molecule has 5 nitrogen and oxygen atoms in total. The molecule has 2 rings (SSSR count). The van der Waals surface area contributed by atoms with Gasteiger partial charge in [0, 0.05) is 25.0 Å². The molecule has 5 heteroatoms. The molecule has 0 spiro atoms. The molecular weight excluding hydrogens is 386 g/mol. The fraction of sp³-hybridized carbons (Fsp3) is 0.923. The Labute approximate surface area is 191 Å². The standard InChI is InChI=1S/C26H49N3O2/c1-7-22-11-8-9-17-29(22)18-10-16-27-25(31)23(19(2)3)28-24(30)20-12-14-21(15-13-20)26(4,5)6/h19-23H,7-18H2,1-6H3,(H,27,31)(H,28,30)/t20?,21?,22-,23+/m1/s1. The van der Waals surface area contributed by atoms with Crippen LogP contribution in [0.4, 0.5) is 0 Å². The molecule has 31 heavy (non-hydrogen) atoms. The molecule has 0 aromatic carbocycles. The first-order chi connectivity index (χ1) is 14.6. The summed E-state index contributed by atoms with van der Waals surface area (Å²) in [5.41, 5.74) is 0.313. The lowest BCUT2D eigenvalue weighted by molar-refractivity contribution is -0.133. The van der Waals surface area contributed by atoms with Gasteiger partial charge in [-0.2, -0.15) is 0 Å². The molecule has 1 heterocycles. The predicted octanol–water partition coefficient (Wildman–Crippen LogP) is 4.75. The largest absolute Gasteiger partial charge is 0.354 e. The van der Waals surface area contributed by atoms with E-state index < -0.39 is 6.04 Å². The van der Waals surface area contributed by atoms with Gasteiger partial charge < -0.3 is 15.5 Å². The highest BCUT2D eigenvalue weighted by Gasteiger charge is 2.34. The van der Waals surface area contributed by atoms with Crippen molar-refractivity contribution in [3.63, 3.8) is 0 Å². The van der Waals surface area contributed by atoms with Crippen LogP contribution in [-0.2, 0) is 9.59 Å². The van der Waals surface area contributed by atoms with Crippen LogP contribution in [-0.4, -0.2) is 48.4 Å². The Morgan fingerprint density at radius 1 is 1.03 bits per heavy atom. The van der Waals surface area contributed by atoms with E-state index >= 15 is 0 Å². The Morgan fingerprint density at radius 2 is 1.71 bits per heavy atom. The zero-order chi connectivity index (χ0) is 23.0. The van der Waals surface area contributed by atoms with Crippen LogP contribution in [0.5, 0.6) is 0 Å². The molecule has 2 amide bonds. The molecule has 0 radical (unpaired) electrons. The van der Waals surface area contributed by atoms with Crippen molar-refractivity contribution in [1.29, 1.82) is 0 Å². The van der Waals surface area contributed by atoms with Crippen molar-refractivity contribution in [2.75, 3.05) is 19.6 Å². The van der Waals surface area contributed by atoms with Crippen LogP contribution in [0, 0.1) is 23.2 Å². The molecule has 1 saturated carbocycles. The Hall–Kier alpha value is -1.10. The van der Waals surface area contributed by atoms with E-state index in [2.05, 4.69) is 43.2 Å². The number of amides is 2. The molecule has 0 unspecified atom stereocenters. The van der Waals surface area contributed by atoms with Crippen molar-refractivity contribution >= 4 is 11.8 Å². The van der Waals surface area contributed by atoms with Crippen molar-refractivity contribution in [1.82, 2.24) is 15.5 Å². The smallest absolute Gasteiger partial charge is 0.242 e. The van der Waals surface area contributed by atoms with Crippen LogP contribution in [0.25, 0.3) is 0 Å². The number of hydrogen-bond acceptors (Lipinski definition) is 3. The van der Waals surface area contributed by atoms with E-state index in [1.807, 2.05) is 13.8 Å². The first-order valence-corrected chi connectivity index (χ1v) is 13.0. The van der Waals surface area contributed by atoms with Gasteiger partial charge in [0.1, 0.15) is 6.04 Å². The second kappa shape index (κ2) is 12.2. The van der Waals surface area contributed by atoms with Gasteiger partial charge >= 0.3 is 0 Å². The molecule has 0 bridgehead atoms. The summed E-state index contributed by atoms with van der Waals surface area (Å²) < 4.78 is 0. The first-order valence-electron chi connectivity index (χ1n) is 13.0. The maximum Gasteiger partial charge on any atom is 0.242 e. The average molecular weight is 436 g/mol. The monoisotopic (exact) mass is 435 g/mol. The van der Waals surface area contributed by atoms with E-state index in [-0.39, 0.29) is 23.7 Å². The van der Waals surface area contributed by atoms with E-state index in [9.17, 15) is 9.59 Å². The van der Waals surface area contributed by atoms with Crippen molar-refractivity contribution in [2.24, 2.45) is 23.2 Å². The van der Waals surface area contributed by atoms with Gasteiger partial charge in [0.25, 0.3) is 0 Å². The van der Waals surface area contributed by atoms with E-state index in [0.29, 0.717) is 23.9 Å². The summed E-state index contributed by atoms with van der Waals surface area (Å²) in [5.74, 6) is 0.866. The lowest BCUT2D eigenvalue weighted by Gasteiger charge is -2.37. The molecule has 180 valence electrons. The SMILES string of the molecule is CC[C@@H]1CCCCN1CCCNC(=O)[C@@H](NC(=O)C1CCC(C(C)(C)C)CC1)C(C)C. The minimum atomic E-state index is -0.439. The van der Waals surface area contributed by atoms with Crippen molar-refractivity contribution in [3.05, 3.63) is 0 Å². The summed E-state index contributed by atoms with van der Waals surface area (Å²) in [5, 5.41) is 6.18. The van der Waals surface area contributed by atoms with Gasteiger partial charge in [-0.25, -0.2) is 0 Å². The number of piperidine rings is 1. The quantitative estimate of drug-likeness (QED) is 0.514. The normalized spacial score (nSPS) is 26.5. The molecule has 1 aliphatic carbocycles. The van der Waals surface area contributed by atoms with Crippen molar-refractivity contribution < 1.29 is 9.59 Å². The zero-order valence-corrected chi connectivity index (χ0v) is 21.1. The Morgan fingerprint density at radius 3 is 2.29 bits per heavy atom. The highest BCUT2D eigenvalue weighted by Crippen LogP contribution is 2.39. The summed E-state index contributed by atoms with van der Waals surface area (Å²) >= 11 is 0. The maximum atomic E-state index is 12.9. The Kier molecular flexibility index (Phi) is 10.3. The molecule has 2 atom stereocenters. The number of carbonyl (C=O) groups is 2. The topological polar surface area (TPSA) is 61.4 Å². The number of nitrogens with one attached hydrogen (secondary N) is 2. The summed E-state index contributed by atoms with van der Waals surface area (Å²) in [6, 6.07) is 0.270. The van der Waals surface area contributed by atoms with Crippen LogP contribution < -0.4 is 10.6 Å². The number of likely N-dealkylation sites (tertiary alicyclic amines) is 1. The van der Waals surface area contributed by atoms with Gasteiger partial charge in [0.15, 0.2) is 0 Å². The molecule has 0 aromatic heterocycles. The van der Waals surface area contributed by atoms with Crippen LogP contribution in [0.15, 0.2) is 0 Å². The number of hydrogen-bond donors (Lipinski definition) is 2. The summed E-state index contributed by atoms with van der Waals surface area (Å²) in [6.07, 6.45) is 10.2. The van der Waals surface area contributed by atoms with E-state index in [0.717, 1.165) is 38.6 Å². The third-order valence-corrected chi connectivity index (χ3v) is 7.71. The van der Waals surface area contributed by atoms with Gasteiger partial charge in [-0.05, 0) is 75.2 Å². The van der Waals surface area contributed by atoms with Gasteiger partial charge in [0.2, 0.25) is 11.8 Å². The summed E-state index contributed by atoms with van der Waals surface area (Å²) in [6.45, 7) is 16.1. The van der Waals surface area contributed by atoms with Crippen molar-refractivity contribution in [3.8, 4) is 0 Å². The van der Waals surface area contributed by atoms with Gasteiger partial charge in [-0.3, -0.25) is 9.59 Å². The molecule has 2 N–H and O–H groups in total. The average Bonchev–Trinajstić information content (AvgIpc) is 2.74. The first kappa shape index (κ1) is 26.2. The molecular formula is C26H49N3O2. The molecule has 1 saturated heterocycles. The van der Waals surface area contributed by atoms with Gasteiger partial charge in [-0.15, -0.1) is 0 Å². The van der Waals surface area contributed by atoms with Crippen LogP contribution >= 0.6 is 0 Å². The Bertz CT molecular complexity index is 561. The van der Waals surface area contributed by atoms with Gasteiger partial charge in [0.05, 0.1) is 0 Å². The highest BCUT2D eigenvalue weighted by atomic mass is 16.2. The van der Waals surface area contributed by atoms with Gasteiger partial charge in [-0.1, -0.05) is 48.0 Å². The third-order valence-electron chi connectivity index (χ3n) is 7.71. The minimum Gasteiger partial charge on any atom is -0.354 e. The lowest BCUT2D eigenvalue weighted by atomic mass is 9.69. The fourth-order valence-electron chi connectivity index (χ4n) is 5.45. The number of nitrogens with zero attached hydrogens (tertiary/aromatic N) is 1. The molecule has 1 aliphatic heterocycles. The summed E-state index contributed by atoms with van der Waals surface area (Å²) in [7, 11) is 0.